The first-order valence-corrected chi connectivity index (χ1v) is 6.27. The lowest BCUT2D eigenvalue weighted by atomic mass is 10.2. The van der Waals surface area contributed by atoms with Crippen LogP contribution in [-0.2, 0) is 4.74 Å². The van der Waals surface area contributed by atoms with Crippen molar-refractivity contribution in [1.82, 2.24) is 10.2 Å². The number of aliphatic hydroxyl groups is 1. The van der Waals surface area contributed by atoms with Crippen LogP contribution in [0.1, 0.15) is 27.7 Å². The van der Waals surface area contributed by atoms with E-state index >= 15 is 0 Å². The summed E-state index contributed by atoms with van der Waals surface area (Å²) in [6.07, 6.45) is -0.341. The molecule has 1 fully saturated rings. The molecule has 4 heteroatoms. The molecule has 1 aliphatic rings. The molecular formula is C12H26N2O2. The van der Waals surface area contributed by atoms with Gasteiger partial charge in [0, 0.05) is 25.2 Å². The van der Waals surface area contributed by atoms with Crippen LogP contribution in [0, 0.1) is 0 Å². The molecule has 0 radical (unpaired) electrons. The van der Waals surface area contributed by atoms with E-state index in [4.69, 9.17) is 4.74 Å². The monoisotopic (exact) mass is 230 g/mol. The summed E-state index contributed by atoms with van der Waals surface area (Å²) < 4.78 is 5.20. The van der Waals surface area contributed by atoms with Gasteiger partial charge in [0.25, 0.3) is 0 Å². The van der Waals surface area contributed by atoms with Crippen molar-refractivity contribution >= 4 is 0 Å². The summed E-state index contributed by atoms with van der Waals surface area (Å²) in [5.74, 6) is 0. The minimum atomic E-state index is -0.341. The van der Waals surface area contributed by atoms with Gasteiger partial charge in [-0.1, -0.05) is 0 Å². The summed E-state index contributed by atoms with van der Waals surface area (Å²) in [5, 5.41) is 12.9. The quantitative estimate of drug-likeness (QED) is 0.695. The van der Waals surface area contributed by atoms with Gasteiger partial charge in [-0.2, -0.15) is 0 Å². The van der Waals surface area contributed by atoms with Gasteiger partial charge in [-0.25, -0.2) is 0 Å². The molecule has 0 aromatic carbocycles. The molecule has 0 amide bonds. The van der Waals surface area contributed by atoms with Gasteiger partial charge in [0.15, 0.2) is 0 Å². The van der Waals surface area contributed by atoms with Gasteiger partial charge in [-0.15, -0.1) is 0 Å². The maximum Gasteiger partial charge on any atom is 0.0948 e. The summed E-state index contributed by atoms with van der Waals surface area (Å²) in [5.41, 5.74) is 0. The van der Waals surface area contributed by atoms with E-state index in [9.17, 15) is 5.11 Å². The lowest BCUT2D eigenvalue weighted by Crippen LogP contribution is -2.46. The van der Waals surface area contributed by atoms with Crippen molar-refractivity contribution < 1.29 is 9.84 Å². The third kappa shape index (κ3) is 4.01. The van der Waals surface area contributed by atoms with Crippen LogP contribution in [0.4, 0.5) is 0 Å². The predicted molar refractivity (Wildman–Crippen MR) is 65.6 cm³/mol. The Morgan fingerprint density at radius 3 is 2.31 bits per heavy atom. The molecule has 0 aliphatic carbocycles. The van der Waals surface area contributed by atoms with E-state index in [1.165, 1.54) is 0 Å². The van der Waals surface area contributed by atoms with Crippen LogP contribution in [-0.4, -0.2) is 60.5 Å². The van der Waals surface area contributed by atoms with E-state index < -0.39 is 0 Å². The van der Waals surface area contributed by atoms with Crippen molar-refractivity contribution in [2.75, 3.05) is 26.3 Å². The van der Waals surface area contributed by atoms with Crippen molar-refractivity contribution in [3.8, 4) is 0 Å². The Hall–Kier alpha value is -0.160. The molecule has 1 saturated heterocycles. The van der Waals surface area contributed by atoms with Crippen molar-refractivity contribution in [2.45, 2.75) is 51.9 Å². The summed E-state index contributed by atoms with van der Waals surface area (Å²) in [6.45, 7) is 11.9. The van der Waals surface area contributed by atoms with E-state index in [0.717, 1.165) is 13.1 Å². The topological polar surface area (TPSA) is 44.7 Å². The molecule has 16 heavy (non-hydrogen) atoms. The summed E-state index contributed by atoms with van der Waals surface area (Å²) in [4.78, 5) is 2.44. The second kappa shape index (κ2) is 6.55. The van der Waals surface area contributed by atoms with Crippen molar-refractivity contribution in [3.63, 3.8) is 0 Å². The summed E-state index contributed by atoms with van der Waals surface area (Å²) in [7, 11) is 0. The lowest BCUT2D eigenvalue weighted by Gasteiger charge is -2.31. The van der Waals surface area contributed by atoms with E-state index in [1.54, 1.807) is 0 Å². The molecule has 0 saturated carbocycles. The molecule has 0 spiro atoms. The zero-order valence-corrected chi connectivity index (χ0v) is 10.9. The van der Waals surface area contributed by atoms with Gasteiger partial charge >= 0.3 is 0 Å². The van der Waals surface area contributed by atoms with Gasteiger partial charge in [0.2, 0.25) is 0 Å². The van der Waals surface area contributed by atoms with Crippen molar-refractivity contribution in [1.29, 1.82) is 0 Å². The largest absolute Gasteiger partial charge is 0.389 e. The van der Waals surface area contributed by atoms with Crippen LogP contribution >= 0.6 is 0 Å². The Balaban J connectivity index is 2.22. The predicted octanol–water partition coefficient (Wildman–Crippen LogP) is 0.455. The van der Waals surface area contributed by atoms with Gasteiger partial charge < -0.3 is 15.2 Å². The molecule has 2 unspecified atom stereocenters. The average molecular weight is 230 g/mol. The highest BCUT2D eigenvalue weighted by atomic mass is 16.5. The summed E-state index contributed by atoms with van der Waals surface area (Å²) in [6, 6.07) is 1.24. The Morgan fingerprint density at radius 1 is 1.25 bits per heavy atom. The fourth-order valence-corrected chi connectivity index (χ4v) is 2.23. The molecule has 2 atom stereocenters. The summed E-state index contributed by atoms with van der Waals surface area (Å²) >= 11 is 0. The maximum absolute atomic E-state index is 9.57. The van der Waals surface area contributed by atoms with E-state index in [-0.39, 0.29) is 12.1 Å². The second-order valence-corrected chi connectivity index (χ2v) is 5.09. The molecule has 96 valence electrons. The lowest BCUT2D eigenvalue weighted by molar-refractivity contribution is 0.121. The number of ether oxygens (including phenoxy) is 1. The molecule has 2 N–H and O–H groups in total. The highest BCUT2D eigenvalue weighted by Crippen LogP contribution is 2.06. The van der Waals surface area contributed by atoms with Crippen LogP contribution in [0.2, 0.25) is 0 Å². The minimum Gasteiger partial charge on any atom is -0.389 e. The first kappa shape index (κ1) is 13.9. The molecule has 0 bridgehead atoms. The number of nitrogens with one attached hydrogen (secondary N) is 1. The SMILES string of the molecule is CC(C)N(CCNC1COCC1O)C(C)C. The number of aliphatic hydroxyl groups excluding tert-OH is 1. The molecule has 1 rings (SSSR count). The van der Waals surface area contributed by atoms with Gasteiger partial charge in [0.1, 0.15) is 0 Å². The number of hydrogen-bond acceptors (Lipinski definition) is 4. The molecule has 0 aromatic heterocycles. The fourth-order valence-electron chi connectivity index (χ4n) is 2.23. The average Bonchev–Trinajstić information content (AvgIpc) is 2.57. The Bertz CT molecular complexity index is 189. The second-order valence-electron chi connectivity index (χ2n) is 5.09. The maximum atomic E-state index is 9.57. The van der Waals surface area contributed by atoms with Gasteiger partial charge in [0.05, 0.1) is 25.4 Å². The normalized spacial score (nSPS) is 26.2. The molecule has 0 aromatic rings. The fraction of sp³-hybridized carbons (Fsp3) is 1.00. The number of rotatable bonds is 6. The van der Waals surface area contributed by atoms with Crippen molar-refractivity contribution in [3.05, 3.63) is 0 Å². The van der Waals surface area contributed by atoms with Gasteiger partial charge in [-0.3, -0.25) is 4.90 Å². The van der Waals surface area contributed by atoms with E-state index in [0.29, 0.717) is 25.3 Å². The molecule has 1 heterocycles. The van der Waals surface area contributed by atoms with Crippen LogP contribution in [0.15, 0.2) is 0 Å². The smallest absolute Gasteiger partial charge is 0.0948 e. The van der Waals surface area contributed by atoms with E-state index in [1.807, 2.05) is 0 Å². The number of nitrogens with zero attached hydrogens (tertiary/aromatic N) is 1. The number of hydrogen-bond donors (Lipinski definition) is 2. The third-order valence-corrected chi connectivity index (χ3v) is 3.15. The van der Waals surface area contributed by atoms with Crippen LogP contribution in [0.25, 0.3) is 0 Å². The first-order chi connectivity index (χ1) is 7.52. The Morgan fingerprint density at radius 2 is 1.88 bits per heavy atom. The standard InChI is InChI=1S/C12H26N2O2/c1-9(2)14(10(3)4)6-5-13-11-7-16-8-12(11)15/h9-13,15H,5-8H2,1-4H3. The molecular weight excluding hydrogens is 204 g/mol. The van der Waals surface area contributed by atoms with Gasteiger partial charge in [-0.05, 0) is 27.7 Å². The Labute approximate surface area is 99.0 Å². The van der Waals surface area contributed by atoms with Crippen LogP contribution in [0.3, 0.4) is 0 Å². The molecule has 4 nitrogen and oxygen atoms in total. The highest BCUT2D eigenvalue weighted by Gasteiger charge is 2.25. The van der Waals surface area contributed by atoms with Crippen molar-refractivity contribution in [2.24, 2.45) is 0 Å². The first-order valence-electron chi connectivity index (χ1n) is 6.27. The van der Waals surface area contributed by atoms with E-state index in [2.05, 4.69) is 37.9 Å². The highest BCUT2D eigenvalue weighted by molar-refractivity contribution is 4.81. The zero-order valence-electron chi connectivity index (χ0n) is 10.9. The third-order valence-electron chi connectivity index (χ3n) is 3.15. The van der Waals surface area contributed by atoms with Crippen LogP contribution < -0.4 is 5.32 Å². The molecule has 1 aliphatic heterocycles. The Kier molecular flexibility index (Phi) is 5.69. The van der Waals surface area contributed by atoms with Crippen LogP contribution in [0.5, 0.6) is 0 Å². The zero-order chi connectivity index (χ0) is 12.1. The minimum absolute atomic E-state index is 0.112.